The van der Waals surface area contributed by atoms with Gasteiger partial charge in [0.2, 0.25) is 11.8 Å². The highest BCUT2D eigenvalue weighted by Gasteiger charge is 2.14. The van der Waals surface area contributed by atoms with E-state index < -0.39 is 0 Å². The number of carbonyl (C=O) groups excluding carboxylic acids is 2. The monoisotopic (exact) mass is 392 g/mol. The highest BCUT2D eigenvalue weighted by atomic mass is 16.4. The average molecular weight is 392 g/mol. The fraction of sp³-hybridized carbons (Fsp3) is 0.273. The number of carbonyl (C=O) groups is 2. The first-order valence-corrected chi connectivity index (χ1v) is 9.48. The topological polar surface area (TPSA) is 97.1 Å². The van der Waals surface area contributed by atoms with Gasteiger partial charge in [-0.2, -0.15) is 0 Å². The standard InChI is InChI=1S/C22H24N4O3/c1-14(2)11-20(27)25-17-8-6-7-16(12-17)22-26-19(15(3)29-22)13-24-21(28)18-9-4-5-10-23-18/h4-10,12,14H,11,13H2,1-3H3,(H,24,28)(H,25,27). The summed E-state index contributed by atoms with van der Waals surface area (Å²) in [6.07, 6.45) is 2.03. The Labute approximate surface area is 169 Å². The molecule has 2 amide bonds. The Morgan fingerprint density at radius 2 is 1.97 bits per heavy atom. The third kappa shape index (κ3) is 5.51. The fourth-order valence-electron chi connectivity index (χ4n) is 2.78. The van der Waals surface area contributed by atoms with Gasteiger partial charge in [-0.15, -0.1) is 0 Å². The van der Waals surface area contributed by atoms with Gasteiger partial charge in [-0.25, -0.2) is 4.98 Å². The van der Waals surface area contributed by atoms with Crippen molar-refractivity contribution in [3.8, 4) is 11.5 Å². The molecule has 0 aliphatic rings. The molecule has 3 aromatic rings. The SMILES string of the molecule is Cc1oc(-c2cccc(NC(=O)CC(C)C)c2)nc1CNC(=O)c1ccccn1. The molecule has 150 valence electrons. The molecule has 2 aromatic heterocycles. The Kier molecular flexibility index (Phi) is 6.39. The lowest BCUT2D eigenvalue weighted by Crippen LogP contribution is -2.24. The van der Waals surface area contributed by atoms with Crippen LogP contribution in [0.2, 0.25) is 0 Å². The van der Waals surface area contributed by atoms with Crippen molar-refractivity contribution >= 4 is 17.5 Å². The van der Waals surface area contributed by atoms with Gasteiger partial charge < -0.3 is 15.1 Å². The summed E-state index contributed by atoms with van der Waals surface area (Å²) in [7, 11) is 0. The Morgan fingerprint density at radius 1 is 1.14 bits per heavy atom. The summed E-state index contributed by atoms with van der Waals surface area (Å²) in [5, 5.41) is 5.69. The van der Waals surface area contributed by atoms with Crippen LogP contribution >= 0.6 is 0 Å². The van der Waals surface area contributed by atoms with Gasteiger partial charge in [0.15, 0.2) is 0 Å². The summed E-state index contributed by atoms with van der Waals surface area (Å²) in [6, 6.07) is 12.5. The predicted molar refractivity (Wildman–Crippen MR) is 110 cm³/mol. The molecule has 0 radical (unpaired) electrons. The fourth-order valence-corrected chi connectivity index (χ4v) is 2.78. The van der Waals surface area contributed by atoms with Crippen LogP contribution < -0.4 is 10.6 Å². The Bertz CT molecular complexity index is 996. The molecular weight excluding hydrogens is 368 g/mol. The number of nitrogens with one attached hydrogen (secondary N) is 2. The second-order valence-corrected chi connectivity index (χ2v) is 7.15. The van der Waals surface area contributed by atoms with E-state index in [0.29, 0.717) is 35.1 Å². The molecule has 7 nitrogen and oxygen atoms in total. The molecule has 29 heavy (non-hydrogen) atoms. The van der Waals surface area contributed by atoms with Crippen molar-refractivity contribution in [2.45, 2.75) is 33.7 Å². The van der Waals surface area contributed by atoms with Crippen LogP contribution in [-0.4, -0.2) is 21.8 Å². The van der Waals surface area contributed by atoms with Crippen LogP contribution in [-0.2, 0) is 11.3 Å². The molecule has 0 spiro atoms. The quantitative estimate of drug-likeness (QED) is 0.634. The minimum absolute atomic E-state index is 0.0290. The number of aryl methyl sites for hydroxylation is 1. The molecule has 0 aliphatic carbocycles. The lowest BCUT2D eigenvalue weighted by Gasteiger charge is -2.07. The number of amides is 2. The van der Waals surface area contributed by atoms with E-state index in [4.69, 9.17) is 4.42 Å². The summed E-state index contributed by atoms with van der Waals surface area (Å²) in [5.41, 5.74) is 2.42. The molecule has 0 saturated carbocycles. The number of pyridine rings is 1. The lowest BCUT2D eigenvalue weighted by atomic mass is 10.1. The van der Waals surface area contributed by atoms with E-state index in [9.17, 15) is 9.59 Å². The van der Waals surface area contributed by atoms with Crippen molar-refractivity contribution in [2.75, 3.05) is 5.32 Å². The van der Waals surface area contributed by atoms with E-state index in [1.807, 2.05) is 38.1 Å². The predicted octanol–water partition coefficient (Wildman–Crippen LogP) is 3.96. The molecule has 0 atom stereocenters. The second kappa shape index (κ2) is 9.14. The normalized spacial score (nSPS) is 10.8. The number of nitrogens with zero attached hydrogens (tertiary/aromatic N) is 2. The number of benzene rings is 1. The summed E-state index contributed by atoms with van der Waals surface area (Å²) in [5.74, 6) is 1.04. The Hall–Kier alpha value is -3.48. The maximum absolute atomic E-state index is 12.2. The van der Waals surface area contributed by atoms with Crippen LogP contribution in [0.15, 0.2) is 53.1 Å². The van der Waals surface area contributed by atoms with E-state index >= 15 is 0 Å². The number of hydrogen-bond donors (Lipinski definition) is 2. The molecule has 2 heterocycles. The van der Waals surface area contributed by atoms with Crippen molar-refractivity contribution in [3.05, 3.63) is 65.8 Å². The van der Waals surface area contributed by atoms with Crippen molar-refractivity contribution in [3.63, 3.8) is 0 Å². The smallest absolute Gasteiger partial charge is 0.270 e. The first-order chi connectivity index (χ1) is 13.9. The molecule has 0 saturated heterocycles. The van der Waals surface area contributed by atoms with Crippen LogP contribution in [0.3, 0.4) is 0 Å². The summed E-state index contributed by atoms with van der Waals surface area (Å²) in [4.78, 5) is 32.7. The van der Waals surface area contributed by atoms with E-state index in [-0.39, 0.29) is 24.3 Å². The first-order valence-electron chi connectivity index (χ1n) is 9.48. The van der Waals surface area contributed by atoms with Crippen LogP contribution in [0.1, 0.15) is 42.2 Å². The van der Waals surface area contributed by atoms with Crippen molar-refractivity contribution in [1.29, 1.82) is 0 Å². The summed E-state index contributed by atoms with van der Waals surface area (Å²) >= 11 is 0. The van der Waals surface area contributed by atoms with Crippen LogP contribution in [0, 0.1) is 12.8 Å². The maximum Gasteiger partial charge on any atom is 0.270 e. The van der Waals surface area contributed by atoms with Crippen LogP contribution in [0.4, 0.5) is 5.69 Å². The highest BCUT2D eigenvalue weighted by Crippen LogP contribution is 2.24. The van der Waals surface area contributed by atoms with Gasteiger partial charge in [0.05, 0.1) is 6.54 Å². The zero-order chi connectivity index (χ0) is 20.8. The van der Waals surface area contributed by atoms with E-state index in [0.717, 1.165) is 5.56 Å². The Balaban J connectivity index is 1.69. The molecule has 1 aromatic carbocycles. The molecule has 7 heteroatoms. The number of anilines is 1. The molecular formula is C22H24N4O3. The van der Waals surface area contributed by atoms with Crippen LogP contribution in [0.25, 0.3) is 11.5 Å². The van der Waals surface area contributed by atoms with Crippen LogP contribution in [0.5, 0.6) is 0 Å². The van der Waals surface area contributed by atoms with Gasteiger partial charge in [-0.05, 0) is 43.2 Å². The van der Waals surface area contributed by atoms with Gasteiger partial charge in [0.1, 0.15) is 17.1 Å². The zero-order valence-corrected chi connectivity index (χ0v) is 16.7. The minimum Gasteiger partial charge on any atom is -0.441 e. The van der Waals surface area contributed by atoms with Crippen molar-refractivity contribution in [1.82, 2.24) is 15.3 Å². The van der Waals surface area contributed by atoms with E-state index in [1.54, 1.807) is 31.3 Å². The number of hydrogen-bond acceptors (Lipinski definition) is 5. The largest absolute Gasteiger partial charge is 0.441 e. The summed E-state index contributed by atoms with van der Waals surface area (Å²) in [6.45, 7) is 6.03. The first kappa shape index (κ1) is 20.3. The van der Waals surface area contributed by atoms with Gasteiger partial charge in [-0.1, -0.05) is 26.0 Å². The Morgan fingerprint density at radius 3 is 2.69 bits per heavy atom. The lowest BCUT2D eigenvalue weighted by molar-refractivity contribution is -0.116. The summed E-state index contributed by atoms with van der Waals surface area (Å²) < 4.78 is 5.77. The van der Waals surface area contributed by atoms with E-state index in [1.165, 1.54) is 0 Å². The molecule has 0 aliphatic heterocycles. The molecule has 0 bridgehead atoms. The number of rotatable bonds is 7. The third-order valence-corrected chi connectivity index (χ3v) is 4.19. The average Bonchev–Trinajstić information content (AvgIpc) is 3.07. The van der Waals surface area contributed by atoms with Gasteiger partial charge >= 0.3 is 0 Å². The molecule has 2 N–H and O–H groups in total. The molecule has 3 rings (SSSR count). The van der Waals surface area contributed by atoms with E-state index in [2.05, 4.69) is 20.6 Å². The third-order valence-electron chi connectivity index (χ3n) is 4.19. The number of aromatic nitrogens is 2. The zero-order valence-electron chi connectivity index (χ0n) is 16.7. The second-order valence-electron chi connectivity index (χ2n) is 7.15. The van der Waals surface area contributed by atoms with Gasteiger partial charge in [0.25, 0.3) is 5.91 Å². The van der Waals surface area contributed by atoms with Crippen molar-refractivity contribution < 1.29 is 14.0 Å². The minimum atomic E-state index is -0.274. The van der Waals surface area contributed by atoms with Gasteiger partial charge in [-0.3, -0.25) is 14.6 Å². The number of oxazole rings is 1. The maximum atomic E-state index is 12.2. The highest BCUT2D eigenvalue weighted by molar-refractivity contribution is 5.92. The van der Waals surface area contributed by atoms with Crippen molar-refractivity contribution in [2.24, 2.45) is 5.92 Å². The molecule has 0 fully saturated rings. The molecule has 0 unspecified atom stereocenters. The van der Waals surface area contributed by atoms with Gasteiger partial charge in [0, 0.05) is 23.9 Å².